The summed E-state index contributed by atoms with van der Waals surface area (Å²) >= 11 is 0. The van der Waals surface area contributed by atoms with E-state index in [0.29, 0.717) is 12.6 Å². The van der Waals surface area contributed by atoms with E-state index in [2.05, 4.69) is 38.7 Å². The lowest BCUT2D eigenvalue weighted by Gasteiger charge is -2.11. The van der Waals surface area contributed by atoms with Gasteiger partial charge in [0.15, 0.2) is 0 Å². The van der Waals surface area contributed by atoms with Gasteiger partial charge in [-0.1, -0.05) is 19.1 Å². The van der Waals surface area contributed by atoms with Crippen LogP contribution in [-0.2, 0) is 0 Å². The summed E-state index contributed by atoms with van der Waals surface area (Å²) in [5.41, 5.74) is 5.67. The number of nitrogens with one attached hydrogen (secondary N) is 2. The molecule has 2 aromatic rings. The number of rotatable bonds is 6. The molecule has 0 saturated heterocycles. The van der Waals surface area contributed by atoms with Crippen molar-refractivity contribution in [1.82, 2.24) is 15.0 Å². The van der Waals surface area contributed by atoms with Crippen LogP contribution in [0, 0.1) is 13.8 Å². The van der Waals surface area contributed by atoms with Crippen LogP contribution in [0.3, 0.4) is 0 Å². The molecule has 7 nitrogen and oxygen atoms in total. The van der Waals surface area contributed by atoms with Crippen molar-refractivity contribution >= 4 is 17.6 Å². The number of hydrogen-bond acceptors (Lipinski definition) is 7. The molecule has 0 amide bonds. The van der Waals surface area contributed by atoms with Gasteiger partial charge in [-0.25, -0.2) is 5.84 Å². The molecule has 0 aliphatic carbocycles. The highest BCUT2D eigenvalue weighted by Crippen LogP contribution is 2.22. The molecule has 0 unspecified atom stereocenters. The Balaban J connectivity index is 2.28. The molecular formula is C14H20N6O. The number of hydrogen-bond donors (Lipinski definition) is 3. The number of benzene rings is 1. The number of hydrazine groups is 1. The van der Waals surface area contributed by atoms with Gasteiger partial charge in [-0.3, -0.25) is 5.43 Å². The molecule has 112 valence electrons. The summed E-state index contributed by atoms with van der Waals surface area (Å²) < 4.78 is 5.43. The van der Waals surface area contributed by atoms with Gasteiger partial charge >= 0.3 is 6.01 Å². The summed E-state index contributed by atoms with van der Waals surface area (Å²) in [6.07, 6.45) is 0.872. The minimum atomic E-state index is 0.243. The van der Waals surface area contributed by atoms with Gasteiger partial charge in [-0.15, -0.1) is 0 Å². The zero-order valence-corrected chi connectivity index (χ0v) is 12.5. The first-order valence-corrected chi connectivity index (χ1v) is 6.82. The third kappa shape index (κ3) is 3.79. The highest BCUT2D eigenvalue weighted by atomic mass is 16.5. The Labute approximate surface area is 123 Å². The minimum absolute atomic E-state index is 0.243. The summed E-state index contributed by atoms with van der Waals surface area (Å²) in [7, 11) is 0. The monoisotopic (exact) mass is 288 g/mol. The minimum Gasteiger partial charge on any atom is -0.463 e. The average Bonchev–Trinajstić information content (AvgIpc) is 2.49. The SMILES string of the molecule is CCCOc1nc(NN)nc(Nc2cccc(C)c2C)n1. The second-order valence-corrected chi connectivity index (χ2v) is 4.63. The number of ether oxygens (including phenoxy) is 1. The zero-order valence-electron chi connectivity index (χ0n) is 12.5. The molecule has 1 heterocycles. The zero-order chi connectivity index (χ0) is 15.2. The maximum atomic E-state index is 5.43. The summed E-state index contributed by atoms with van der Waals surface area (Å²) in [5.74, 6) is 6.02. The van der Waals surface area contributed by atoms with Crippen molar-refractivity contribution in [3.05, 3.63) is 29.3 Å². The Morgan fingerprint density at radius 1 is 1.14 bits per heavy atom. The Bertz CT molecular complexity index is 616. The van der Waals surface area contributed by atoms with Gasteiger partial charge < -0.3 is 10.1 Å². The predicted molar refractivity (Wildman–Crippen MR) is 82.6 cm³/mol. The molecule has 0 spiro atoms. The van der Waals surface area contributed by atoms with E-state index in [1.165, 1.54) is 5.56 Å². The summed E-state index contributed by atoms with van der Waals surface area (Å²) in [6.45, 7) is 6.64. The second-order valence-electron chi connectivity index (χ2n) is 4.63. The van der Waals surface area contributed by atoms with Crippen LogP contribution in [0.5, 0.6) is 6.01 Å². The average molecular weight is 288 g/mol. The molecule has 0 atom stereocenters. The lowest BCUT2D eigenvalue weighted by molar-refractivity contribution is 0.292. The van der Waals surface area contributed by atoms with E-state index in [1.54, 1.807) is 0 Å². The largest absolute Gasteiger partial charge is 0.463 e. The Morgan fingerprint density at radius 3 is 2.62 bits per heavy atom. The van der Waals surface area contributed by atoms with Crippen LogP contribution in [0.4, 0.5) is 17.6 Å². The molecule has 4 N–H and O–H groups in total. The van der Waals surface area contributed by atoms with Gasteiger partial charge in [-0.2, -0.15) is 15.0 Å². The molecule has 0 bridgehead atoms. The molecular weight excluding hydrogens is 268 g/mol. The molecule has 0 aliphatic heterocycles. The highest BCUT2D eigenvalue weighted by molar-refractivity contribution is 5.60. The Kier molecular flexibility index (Phi) is 4.89. The number of nitrogens with two attached hydrogens (primary N) is 1. The van der Waals surface area contributed by atoms with Crippen LogP contribution in [0.25, 0.3) is 0 Å². The van der Waals surface area contributed by atoms with E-state index in [0.717, 1.165) is 17.7 Å². The van der Waals surface area contributed by atoms with Gasteiger partial charge in [0.05, 0.1) is 6.61 Å². The molecule has 0 radical (unpaired) electrons. The first-order valence-electron chi connectivity index (χ1n) is 6.82. The third-order valence-corrected chi connectivity index (χ3v) is 3.03. The first-order chi connectivity index (χ1) is 10.1. The summed E-state index contributed by atoms with van der Waals surface area (Å²) in [4.78, 5) is 12.5. The fraction of sp³-hybridized carbons (Fsp3) is 0.357. The van der Waals surface area contributed by atoms with E-state index in [4.69, 9.17) is 10.6 Å². The van der Waals surface area contributed by atoms with E-state index < -0.39 is 0 Å². The van der Waals surface area contributed by atoms with Crippen LogP contribution in [-0.4, -0.2) is 21.6 Å². The van der Waals surface area contributed by atoms with Crippen molar-refractivity contribution in [2.24, 2.45) is 5.84 Å². The fourth-order valence-corrected chi connectivity index (χ4v) is 1.74. The van der Waals surface area contributed by atoms with Gasteiger partial charge in [0.1, 0.15) is 0 Å². The van der Waals surface area contributed by atoms with Crippen LogP contribution in [0.15, 0.2) is 18.2 Å². The smallest absolute Gasteiger partial charge is 0.323 e. The van der Waals surface area contributed by atoms with Crippen molar-refractivity contribution < 1.29 is 4.74 Å². The van der Waals surface area contributed by atoms with Gasteiger partial charge in [0, 0.05) is 5.69 Å². The molecule has 0 fully saturated rings. The maximum absolute atomic E-state index is 5.43. The summed E-state index contributed by atoms with van der Waals surface area (Å²) in [6, 6.07) is 6.24. The van der Waals surface area contributed by atoms with Gasteiger partial charge in [0.2, 0.25) is 11.9 Å². The summed E-state index contributed by atoms with van der Waals surface area (Å²) in [5, 5.41) is 3.17. The van der Waals surface area contributed by atoms with Crippen LogP contribution >= 0.6 is 0 Å². The van der Waals surface area contributed by atoms with Crippen molar-refractivity contribution in [3.63, 3.8) is 0 Å². The normalized spacial score (nSPS) is 10.3. The molecule has 1 aromatic heterocycles. The van der Waals surface area contributed by atoms with Crippen molar-refractivity contribution in [2.75, 3.05) is 17.3 Å². The second kappa shape index (κ2) is 6.85. The van der Waals surface area contributed by atoms with Crippen molar-refractivity contribution in [3.8, 4) is 6.01 Å². The van der Waals surface area contributed by atoms with Crippen LogP contribution in [0.2, 0.25) is 0 Å². The number of anilines is 3. The number of aryl methyl sites for hydroxylation is 1. The molecule has 0 saturated carbocycles. The van der Waals surface area contributed by atoms with Gasteiger partial charge in [0.25, 0.3) is 0 Å². The lowest BCUT2D eigenvalue weighted by atomic mass is 10.1. The number of nitrogens with zero attached hydrogens (tertiary/aromatic N) is 3. The van der Waals surface area contributed by atoms with E-state index in [-0.39, 0.29) is 12.0 Å². The Hall–Kier alpha value is -2.41. The fourth-order valence-electron chi connectivity index (χ4n) is 1.74. The van der Waals surface area contributed by atoms with Crippen molar-refractivity contribution in [2.45, 2.75) is 27.2 Å². The third-order valence-electron chi connectivity index (χ3n) is 3.03. The quantitative estimate of drug-likeness (QED) is 0.554. The highest BCUT2D eigenvalue weighted by Gasteiger charge is 2.08. The van der Waals surface area contributed by atoms with E-state index in [1.807, 2.05) is 26.0 Å². The first kappa shape index (κ1) is 15.0. The molecule has 7 heteroatoms. The predicted octanol–water partition coefficient (Wildman–Crippen LogP) is 2.31. The number of aromatic nitrogens is 3. The maximum Gasteiger partial charge on any atom is 0.323 e. The van der Waals surface area contributed by atoms with Gasteiger partial charge in [-0.05, 0) is 37.5 Å². The van der Waals surface area contributed by atoms with Crippen LogP contribution in [0.1, 0.15) is 24.5 Å². The van der Waals surface area contributed by atoms with Crippen molar-refractivity contribution in [1.29, 1.82) is 0 Å². The molecule has 21 heavy (non-hydrogen) atoms. The number of nitrogen functional groups attached to an aromatic ring is 1. The van der Waals surface area contributed by atoms with Crippen LogP contribution < -0.4 is 21.3 Å². The molecule has 0 aliphatic rings. The standard InChI is InChI=1S/C14H20N6O/c1-4-8-21-14-18-12(17-13(19-14)20-15)16-11-7-5-6-9(2)10(11)3/h5-7H,4,8,15H2,1-3H3,(H2,16,17,18,19,20). The topological polar surface area (TPSA) is 98.0 Å². The van der Waals surface area contributed by atoms with E-state index in [9.17, 15) is 0 Å². The van der Waals surface area contributed by atoms with E-state index >= 15 is 0 Å². The molecule has 1 aromatic carbocycles. The molecule has 2 rings (SSSR count). The lowest BCUT2D eigenvalue weighted by Crippen LogP contribution is -2.14. The Morgan fingerprint density at radius 2 is 1.90 bits per heavy atom.